The lowest BCUT2D eigenvalue weighted by Gasteiger charge is -2.38. The van der Waals surface area contributed by atoms with Crippen molar-refractivity contribution in [2.75, 3.05) is 7.05 Å². The summed E-state index contributed by atoms with van der Waals surface area (Å²) >= 11 is 5.86. The number of aromatic nitrogens is 4. The lowest BCUT2D eigenvalue weighted by atomic mass is 9.70. The minimum atomic E-state index is -2.99. The molecule has 0 aliphatic heterocycles. The molecule has 4 rings (SSSR count). The number of carbonyl (C=O) groups is 1. The molecule has 0 radical (unpaired) electrons. The molecular weight excluding hydrogens is 442 g/mol. The summed E-state index contributed by atoms with van der Waals surface area (Å²) < 4.78 is 36.4. The van der Waals surface area contributed by atoms with Gasteiger partial charge in [0.2, 0.25) is 5.89 Å². The van der Waals surface area contributed by atoms with Gasteiger partial charge in [-0.1, -0.05) is 28.9 Å². The number of alkyl halides is 2. The van der Waals surface area contributed by atoms with Crippen LogP contribution in [0.5, 0.6) is 0 Å². The first-order valence-electron chi connectivity index (χ1n) is 9.90. The summed E-state index contributed by atoms with van der Waals surface area (Å²) in [5.74, 6) is -3.55. The Labute approximate surface area is 187 Å². The largest absolute Gasteiger partial charge is 0.337 e. The van der Waals surface area contributed by atoms with Crippen LogP contribution in [0.2, 0.25) is 5.02 Å². The third-order valence-electron chi connectivity index (χ3n) is 5.70. The van der Waals surface area contributed by atoms with Crippen LogP contribution in [-0.4, -0.2) is 44.3 Å². The van der Waals surface area contributed by atoms with E-state index in [0.717, 1.165) is 0 Å². The van der Waals surface area contributed by atoms with E-state index in [0.29, 0.717) is 5.82 Å². The zero-order chi connectivity index (χ0) is 23.0. The molecule has 11 heteroatoms. The summed E-state index contributed by atoms with van der Waals surface area (Å²) in [6, 6.07) is 5.76. The van der Waals surface area contributed by atoms with Crippen LogP contribution in [0.1, 0.15) is 46.5 Å². The van der Waals surface area contributed by atoms with Gasteiger partial charge in [-0.3, -0.25) is 4.79 Å². The molecular formula is C21H21ClF2N6O2. The summed E-state index contributed by atoms with van der Waals surface area (Å²) in [7, 11) is 3.26. The second-order valence-corrected chi connectivity index (χ2v) is 8.33. The summed E-state index contributed by atoms with van der Waals surface area (Å²) in [6.07, 6.45) is 1.94. The standard InChI is InChI=1S/C21H21ClF2N6O2/c1-25-19-17(30(3)11-26-19)20(31)29(2)10-16-27-18(28-32-16)12-7-14(8-12)21(23,24)13-5-4-6-15(22)9-13/h4-6,9,11-12,14H,1,7-8,10H2,2-3H3. The van der Waals surface area contributed by atoms with E-state index in [9.17, 15) is 13.6 Å². The number of aliphatic imine (C=N–C) groups is 1. The zero-order valence-electron chi connectivity index (χ0n) is 17.5. The zero-order valence-corrected chi connectivity index (χ0v) is 18.3. The molecule has 0 bridgehead atoms. The summed E-state index contributed by atoms with van der Waals surface area (Å²) in [5, 5.41) is 4.21. The van der Waals surface area contributed by atoms with Crippen LogP contribution in [-0.2, 0) is 19.5 Å². The van der Waals surface area contributed by atoms with E-state index in [1.54, 1.807) is 24.7 Å². The van der Waals surface area contributed by atoms with E-state index in [-0.39, 0.29) is 59.2 Å². The van der Waals surface area contributed by atoms with Gasteiger partial charge in [0.15, 0.2) is 17.3 Å². The van der Waals surface area contributed by atoms with Crippen LogP contribution in [0.25, 0.3) is 0 Å². The minimum absolute atomic E-state index is 0.0580. The fourth-order valence-electron chi connectivity index (χ4n) is 3.79. The van der Waals surface area contributed by atoms with E-state index >= 15 is 0 Å². The fraction of sp³-hybridized carbons (Fsp3) is 0.381. The number of hydrogen-bond acceptors (Lipinski definition) is 6. The van der Waals surface area contributed by atoms with Crippen molar-refractivity contribution < 1.29 is 18.1 Å². The van der Waals surface area contributed by atoms with Crippen LogP contribution >= 0.6 is 11.6 Å². The summed E-state index contributed by atoms with van der Waals surface area (Å²) in [5.41, 5.74) is 0.193. The second kappa shape index (κ2) is 8.42. The molecule has 0 saturated heterocycles. The Bertz CT molecular complexity index is 1150. The van der Waals surface area contributed by atoms with Gasteiger partial charge >= 0.3 is 0 Å². The maximum atomic E-state index is 14.8. The van der Waals surface area contributed by atoms with Crippen molar-refractivity contribution >= 4 is 30.0 Å². The normalized spacial score (nSPS) is 18.3. The molecule has 2 heterocycles. The molecule has 32 heavy (non-hydrogen) atoms. The van der Waals surface area contributed by atoms with Crippen molar-refractivity contribution in [2.24, 2.45) is 18.0 Å². The molecule has 8 nitrogen and oxygen atoms in total. The van der Waals surface area contributed by atoms with Crippen molar-refractivity contribution in [3.8, 4) is 0 Å². The van der Waals surface area contributed by atoms with Crippen LogP contribution in [0, 0.1) is 5.92 Å². The number of amides is 1. The van der Waals surface area contributed by atoms with E-state index in [4.69, 9.17) is 16.1 Å². The molecule has 0 atom stereocenters. The van der Waals surface area contributed by atoms with E-state index < -0.39 is 11.8 Å². The molecule has 168 valence electrons. The molecule has 1 fully saturated rings. The third-order valence-corrected chi connectivity index (χ3v) is 5.93. The van der Waals surface area contributed by atoms with Crippen molar-refractivity contribution in [3.63, 3.8) is 0 Å². The van der Waals surface area contributed by atoms with Gasteiger partial charge < -0.3 is 14.0 Å². The number of nitrogens with zero attached hydrogens (tertiary/aromatic N) is 6. The number of halogens is 3. The molecule has 1 aliphatic rings. The number of hydrogen-bond donors (Lipinski definition) is 0. The van der Waals surface area contributed by atoms with Gasteiger partial charge in [-0.2, -0.15) is 4.98 Å². The Morgan fingerprint density at radius 2 is 2.19 bits per heavy atom. The highest BCUT2D eigenvalue weighted by Gasteiger charge is 2.50. The predicted octanol–water partition coefficient (Wildman–Crippen LogP) is 4.35. The quantitative estimate of drug-likeness (QED) is 0.487. The highest BCUT2D eigenvalue weighted by atomic mass is 35.5. The molecule has 1 saturated carbocycles. The average Bonchev–Trinajstić information content (AvgIpc) is 3.32. The topological polar surface area (TPSA) is 89.4 Å². The summed E-state index contributed by atoms with van der Waals surface area (Å²) in [4.78, 5) is 26.2. The maximum absolute atomic E-state index is 14.8. The van der Waals surface area contributed by atoms with Crippen LogP contribution in [0.15, 0.2) is 40.1 Å². The molecule has 0 N–H and O–H groups in total. The third kappa shape index (κ3) is 4.02. The highest BCUT2D eigenvalue weighted by Crippen LogP contribution is 2.52. The number of aryl methyl sites for hydroxylation is 1. The van der Waals surface area contributed by atoms with E-state index in [1.165, 1.54) is 29.4 Å². The van der Waals surface area contributed by atoms with Gasteiger partial charge in [0.05, 0.1) is 6.33 Å². The van der Waals surface area contributed by atoms with Gasteiger partial charge in [-0.15, -0.1) is 0 Å². The number of carbonyl (C=O) groups excluding carboxylic acids is 1. The Balaban J connectivity index is 1.38. The van der Waals surface area contributed by atoms with Gasteiger partial charge in [-0.05, 0) is 31.7 Å². The molecule has 1 aromatic carbocycles. The van der Waals surface area contributed by atoms with Gasteiger partial charge in [0.1, 0.15) is 6.54 Å². The van der Waals surface area contributed by atoms with Gasteiger partial charge in [0.25, 0.3) is 11.8 Å². The highest BCUT2D eigenvalue weighted by molar-refractivity contribution is 6.30. The van der Waals surface area contributed by atoms with Crippen LogP contribution < -0.4 is 0 Å². The number of imidazole rings is 1. The molecule has 1 amide bonds. The first-order valence-corrected chi connectivity index (χ1v) is 10.3. The minimum Gasteiger partial charge on any atom is -0.337 e. The molecule has 0 spiro atoms. The lowest BCUT2D eigenvalue weighted by molar-refractivity contribution is -0.102. The Morgan fingerprint density at radius 1 is 1.44 bits per heavy atom. The predicted molar refractivity (Wildman–Crippen MR) is 113 cm³/mol. The Kier molecular flexibility index (Phi) is 5.81. The molecule has 3 aromatic rings. The van der Waals surface area contributed by atoms with Gasteiger partial charge in [0, 0.05) is 36.5 Å². The molecule has 1 aliphatic carbocycles. The average molecular weight is 463 g/mol. The monoisotopic (exact) mass is 462 g/mol. The maximum Gasteiger partial charge on any atom is 0.276 e. The lowest BCUT2D eigenvalue weighted by Crippen LogP contribution is -2.36. The van der Waals surface area contributed by atoms with Crippen LogP contribution in [0.4, 0.5) is 14.6 Å². The SMILES string of the molecule is C=Nc1ncn(C)c1C(=O)N(C)Cc1nc(C2CC(C(F)(F)c3cccc(Cl)c3)C2)no1. The number of benzene rings is 1. The van der Waals surface area contributed by atoms with Crippen molar-refractivity contribution in [2.45, 2.75) is 31.2 Å². The van der Waals surface area contributed by atoms with E-state index in [1.807, 2.05) is 0 Å². The first kappa shape index (κ1) is 22.1. The summed E-state index contributed by atoms with van der Waals surface area (Å²) in [6.45, 7) is 3.48. The van der Waals surface area contributed by atoms with Crippen LogP contribution in [0.3, 0.4) is 0 Å². The molecule has 2 aromatic heterocycles. The number of rotatable bonds is 7. The fourth-order valence-corrected chi connectivity index (χ4v) is 3.98. The smallest absolute Gasteiger partial charge is 0.276 e. The Hall–Kier alpha value is -3.14. The van der Waals surface area contributed by atoms with Crippen molar-refractivity contribution in [1.29, 1.82) is 0 Å². The molecule has 0 unspecified atom stereocenters. The van der Waals surface area contributed by atoms with E-state index in [2.05, 4.69) is 26.8 Å². The van der Waals surface area contributed by atoms with Crippen molar-refractivity contribution in [3.05, 3.63) is 58.6 Å². The van der Waals surface area contributed by atoms with Gasteiger partial charge in [-0.25, -0.2) is 18.8 Å². The first-order chi connectivity index (χ1) is 15.2. The van der Waals surface area contributed by atoms with Crippen molar-refractivity contribution in [1.82, 2.24) is 24.6 Å². The second-order valence-electron chi connectivity index (χ2n) is 7.89. The Morgan fingerprint density at radius 3 is 2.88 bits per heavy atom.